The number of nitrogens with zero attached hydrogens (tertiary/aromatic N) is 2. The molecule has 0 unspecified atom stereocenters. The maximum atomic E-state index is 13.9. The lowest BCUT2D eigenvalue weighted by atomic mass is 9.55. The van der Waals surface area contributed by atoms with Gasteiger partial charge in [0.15, 0.2) is 0 Å². The van der Waals surface area contributed by atoms with E-state index in [0.29, 0.717) is 19.3 Å². The lowest BCUT2D eigenvalue weighted by Gasteiger charge is -2.51. The van der Waals surface area contributed by atoms with Gasteiger partial charge in [-0.1, -0.05) is 24.1 Å². The highest BCUT2D eigenvalue weighted by molar-refractivity contribution is 5.68. The molecule has 5 nitrogen and oxygen atoms in total. The Morgan fingerprint density at radius 1 is 1.29 bits per heavy atom. The summed E-state index contributed by atoms with van der Waals surface area (Å²) in [6, 6.07) is 5.03. The largest absolute Gasteiger partial charge is 0.450 e. The molecule has 9 heteroatoms. The van der Waals surface area contributed by atoms with Gasteiger partial charge in [-0.25, -0.2) is 13.9 Å². The van der Waals surface area contributed by atoms with Crippen molar-refractivity contribution >= 4 is 12.2 Å². The SMILES string of the molecule is CCOC(=O)N[C@H]1[C@H](C(F)(F)F)CC=C2[C@@H]1CCC1=Cc3c(cnn3-c3ccc(F)cc3)C[C@@]12C. The van der Waals surface area contributed by atoms with Crippen LogP contribution < -0.4 is 5.32 Å². The fourth-order valence-corrected chi connectivity index (χ4v) is 6.08. The molecule has 186 valence electrons. The lowest BCUT2D eigenvalue weighted by molar-refractivity contribution is -0.186. The molecular formula is C26H27F4N3O2. The van der Waals surface area contributed by atoms with Crippen molar-refractivity contribution in [1.29, 1.82) is 0 Å². The van der Waals surface area contributed by atoms with Crippen molar-refractivity contribution in [2.45, 2.75) is 51.7 Å². The highest BCUT2D eigenvalue weighted by Gasteiger charge is 2.54. The molecule has 0 bridgehead atoms. The van der Waals surface area contributed by atoms with E-state index in [1.165, 1.54) is 12.1 Å². The fourth-order valence-electron chi connectivity index (χ4n) is 6.08. The minimum atomic E-state index is -4.43. The van der Waals surface area contributed by atoms with E-state index in [4.69, 9.17) is 4.74 Å². The van der Waals surface area contributed by atoms with E-state index >= 15 is 0 Å². The van der Waals surface area contributed by atoms with Gasteiger partial charge in [0.05, 0.1) is 36.1 Å². The maximum Gasteiger partial charge on any atom is 0.407 e. The van der Waals surface area contributed by atoms with Gasteiger partial charge in [0.2, 0.25) is 0 Å². The summed E-state index contributed by atoms with van der Waals surface area (Å²) in [6.07, 6.45) is 1.87. The molecular weight excluding hydrogens is 462 g/mol. The summed E-state index contributed by atoms with van der Waals surface area (Å²) in [5, 5.41) is 7.07. The number of aromatic nitrogens is 2. The van der Waals surface area contributed by atoms with E-state index in [-0.39, 0.29) is 18.8 Å². The number of benzene rings is 1. The first kappa shape index (κ1) is 23.6. The van der Waals surface area contributed by atoms with Crippen molar-refractivity contribution in [2.75, 3.05) is 6.61 Å². The highest BCUT2D eigenvalue weighted by atomic mass is 19.4. The van der Waals surface area contributed by atoms with Crippen LogP contribution in [0.3, 0.4) is 0 Å². The number of halogens is 4. The monoisotopic (exact) mass is 489 g/mol. The zero-order valence-electron chi connectivity index (χ0n) is 19.5. The van der Waals surface area contributed by atoms with Gasteiger partial charge in [-0.3, -0.25) is 0 Å². The summed E-state index contributed by atoms with van der Waals surface area (Å²) >= 11 is 0. The average Bonchev–Trinajstić information content (AvgIpc) is 3.19. The van der Waals surface area contributed by atoms with Crippen LogP contribution in [0.25, 0.3) is 11.8 Å². The molecule has 1 amide bonds. The van der Waals surface area contributed by atoms with Crippen molar-refractivity contribution in [3.05, 3.63) is 64.8 Å². The number of alkyl carbamates (subject to hydrolysis) is 1. The minimum Gasteiger partial charge on any atom is -0.450 e. The van der Waals surface area contributed by atoms with Gasteiger partial charge in [0, 0.05) is 11.3 Å². The molecule has 0 aliphatic heterocycles. The molecule has 35 heavy (non-hydrogen) atoms. The van der Waals surface area contributed by atoms with Gasteiger partial charge >= 0.3 is 12.3 Å². The predicted octanol–water partition coefficient (Wildman–Crippen LogP) is 5.99. The van der Waals surface area contributed by atoms with Gasteiger partial charge in [-0.15, -0.1) is 0 Å². The number of carbonyl (C=O) groups excluding carboxylic acids is 1. The van der Waals surface area contributed by atoms with E-state index in [9.17, 15) is 22.4 Å². The Hall–Kier alpha value is -3.10. The molecule has 4 atom stereocenters. The Morgan fingerprint density at radius 2 is 2.03 bits per heavy atom. The van der Waals surface area contributed by atoms with Crippen LogP contribution in [0.5, 0.6) is 0 Å². The molecule has 1 fully saturated rings. The first-order valence-electron chi connectivity index (χ1n) is 11.9. The maximum absolute atomic E-state index is 13.9. The average molecular weight is 490 g/mol. The van der Waals surface area contributed by atoms with Crippen LogP contribution in [0.2, 0.25) is 0 Å². The van der Waals surface area contributed by atoms with Crippen molar-refractivity contribution in [1.82, 2.24) is 15.1 Å². The molecule has 1 aromatic carbocycles. The fraction of sp³-hybridized carbons (Fsp3) is 0.462. The highest BCUT2D eigenvalue weighted by Crippen LogP contribution is 2.57. The number of rotatable bonds is 3. The Bertz CT molecular complexity index is 1200. The number of amides is 1. The molecule has 0 radical (unpaired) electrons. The first-order valence-corrected chi connectivity index (χ1v) is 11.9. The van der Waals surface area contributed by atoms with E-state index in [0.717, 1.165) is 28.1 Å². The number of fused-ring (bicyclic) bond motifs is 4. The molecule has 2 aromatic rings. The number of alkyl halides is 3. The van der Waals surface area contributed by atoms with E-state index in [1.54, 1.807) is 36.0 Å². The first-order chi connectivity index (χ1) is 16.6. The third-order valence-electron chi connectivity index (χ3n) is 7.72. The number of nitrogens with one attached hydrogen (secondary N) is 1. The topological polar surface area (TPSA) is 56.1 Å². The van der Waals surface area contributed by atoms with Gasteiger partial charge in [-0.2, -0.15) is 18.3 Å². The molecule has 5 rings (SSSR count). The Morgan fingerprint density at radius 3 is 2.71 bits per heavy atom. The standard InChI is InChI=1S/C26H27F4N3O2/c1-3-35-24(34)32-23-19-9-4-16-12-22-15(14-31-33(22)18-7-5-17(27)6-8-18)13-25(16,2)20(19)10-11-21(23)26(28,29)30/h5-8,10,12,14,19,21,23H,3-4,9,11,13H2,1-2H3,(H,32,34)/t19-,21+,23+,25-/m0/s1. The molecule has 1 saturated carbocycles. The Labute approximate surface area is 200 Å². The zero-order valence-corrected chi connectivity index (χ0v) is 19.5. The summed E-state index contributed by atoms with van der Waals surface area (Å²) in [4.78, 5) is 12.2. The third-order valence-corrected chi connectivity index (χ3v) is 7.72. The summed E-state index contributed by atoms with van der Waals surface area (Å²) < 4.78 is 61.9. The number of ether oxygens (including phenoxy) is 1. The second-order valence-electron chi connectivity index (χ2n) is 9.70. The van der Waals surface area contributed by atoms with Crippen LogP contribution in [0.4, 0.5) is 22.4 Å². The summed E-state index contributed by atoms with van der Waals surface area (Å²) in [7, 11) is 0. The second kappa shape index (κ2) is 8.53. The number of hydrogen-bond acceptors (Lipinski definition) is 3. The molecule has 0 saturated heterocycles. The smallest absolute Gasteiger partial charge is 0.407 e. The molecule has 0 spiro atoms. The molecule has 1 N–H and O–H groups in total. The summed E-state index contributed by atoms with van der Waals surface area (Å²) in [6.45, 7) is 3.79. The second-order valence-corrected chi connectivity index (χ2v) is 9.70. The Kier molecular flexibility index (Phi) is 5.76. The quantitative estimate of drug-likeness (QED) is 0.426. The van der Waals surface area contributed by atoms with Crippen molar-refractivity contribution < 1.29 is 27.1 Å². The van der Waals surface area contributed by atoms with E-state index in [2.05, 4.69) is 23.4 Å². The van der Waals surface area contributed by atoms with Crippen LogP contribution in [0.15, 0.2) is 47.7 Å². The molecule has 3 aliphatic carbocycles. The van der Waals surface area contributed by atoms with Crippen LogP contribution in [0.1, 0.15) is 44.4 Å². The van der Waals surface area contributed by atoms with Crippen molar-refractivity contribution in [3.8, 4) is 5.69 Å². The van der Waals surface area contributed by atoms with Gasteiger partial charge in [0.1, 0.15) is 5.82 Å². The lowest BCUT2D eigenvalue weighted by Crippen LogP contribution is -2.55. The van der Waals surface area contributed by atoms with Gasteiger partial charge in [0.25, 0.3) is 0 Å². The molecule has 1 heterocycles. The van der Waals surface area contributed by atoms with E-state index < -0.39 is 35.6 Å². The third kappa shape index (κ3) is 4.04. The van der Waals surface area contributed by atoms with Crippen molar-refractivity contribution in [2.24, 2.45) is 17.3 Å². The number of hydrogen-bond donors (Lipinski definition) is 1. The van der Waals surface area contributed by atoms with Crippen LogP contribution in [-0.4, -0.2) is 34.7 Å². The van der Waals surface area contributed by atoms with Gasteiger partial charge in [-0.05, 0) is 68.5 Å². The molecule has 3 aliphatic rings. The van der Waals surface area contributed by atoms with Crippen LogP contribution in [-0.2, 0) is 11.2 Å². The predicted molar refractivity (Wildman–Crippen MR) is 122 cm³/mol. The normalized spacial score (nSPS) is 27.7. The van der Waals surface area contributed by atoms with Crippen LogP contribution >= 0.6 is 0 Å². The molecule has 1 aromatic heterocycles. The summed E-state index contributed by atoms with van der Waals surface area (Å²) in [5.41, 5.74) is 4.25. The summed E-state index contributed by atoms with van der Waals surface area (Å²) in [5.74, 6) is -2.42. The number of carbonyl (C=O) groups is 1. The Balaban J connectivity index is 1.51. The van der Waals surface area contributed by atoms with Crippen LogP contribution in [0, 0.1) is 23.1 Å². The van der Waals surface area contributed by atoms with Gasteiger partial charge < -0.3 is 10.1 Å². The van der Waals surface area contributed by atoms with Crippen molar-refractivity contribution in [3.63, 3.8) is 0 Å². The zero-order chi connectivity index (χ0) is 25.0. The minimum absolute atomic E-state index is 0.0913. The number of allylic oxidation sites excluding steroid dienone is 2. The van der Waals surface area contributed by atoms with E-state index in [1.807, 2.05) is 0 Å².